The highest BCUT2D eigenvalue weighted by Crippen LogP contribution is 2.34. The number of halogens is 1. The second-order valence-corrected chi connectivity index (χ2v) is 5.29. The average Bonchev–Trinajstić information content (AvgIpc) is 2.42. The van der Waals surface area contributed by atoms with Crippen molar-refractivity contribution in [2.75, 3.05) is 0 Å². The summed E-state index contributed by atoms with van der Waals surface area (Å²) in [5, 5.41) is 9.81. The zero-order valence-electron chi connectivity index (χ0n) is 11.6. The molecule has 0 unspecified atom stereocenters. The molecule has 3 nitrogen and oxygen atoms in total. The summed E-state index contributed by atoms with van der Waals surface area (Å²) in [6.07, 6.45) is 3.11. The molecule has 0 aliphatic heterocycles. The summed E-state index contributed by atoms with van der Waals surface area (Å²) >= 11 is 6.24. The number of hydrogen-bond donors (Lipinski definition) is 0. The van der Waals surface area contributed by atoms with Crippen LogP contribution in [0.4, 0.5) is 0 Å². The van der Waals surface area contributed by atoms with Crippen LogP contribution in [0.15, 0.2) is 30.6 Å². The van der Waals surface area contributed by atoms with Gasteiger partial charge in [0.2, 0.25) is 0 Å². The third-order valence-electron chi connectivity index (χ3n) is 3.04. The van der Waals surface area contributed by atoms with E-state index in [2.05, 4.69) is 24.9 Å². The minimum absolute atomic E-state index is 0.301. The lowest BCUT2D eigenvalue weighted by molar-refractivity contribution is 0.474. The van der Waals surface area contributed by atoms with Crippen molar-refractivity contribution in [3.63, 3.8) is 0 Å². The first-order valence-electron chi connectivity index (χ1n) is 6.35. The molecule has 20 heavy (non-hydrogen) atoms. The molecule has 102 valence electrons. The maximum Gasteiger partial charge on any atom is 0.163 e. The zero-order valence-corrected chi connectivity index (χ0v) is 12.4. The van der Waals surface area contributed by atoms with Crippen LogP contribution in [0.3, 0.4) is 0 Å². The van der Waals surface area contributed by atoms with Gasteiger partial charge in [0.15, 0.2) is 5.75 Å². The van der Waals surface area contributed by atoms with Gasteiger partial charge in [0.05, 0.1) is 11.8 Å². The molecule has 0 atom stereocenters. The normalized spacial score (nSPS) is 10.4. The number of aromatic nitrogens is 1. The van der Waals surface area contributed by atoms with Crippen LogP contribution in [-0.2, 0) is 0 Å². The summed E-state index contributed by atoms with van der Waals surface area (Å²) in [6, 6.07) is 7.53. The van der Waals surface area contributed by atoms with E-state index in [0.717, 1.165) is 16.1 Å². The van der Waals surface area contributed by atoms with Crippen LogP contribution in [0.1, 0.15) is 36.5 Å². The van der Waals surface area contributed by atoms with Gasteiger partial charge in [0.25, 0.3) is 0 Å². The van der Waals surface area contributed by atoms with Crippen LogP contribution < -0.4 is 4.74 Å². The Labute approximate surface area is 123 Å². The van der Waals surface area contributed by atoms with Gasteiger partial charge in [-0.2, -0.15) is 5.26 Å². The molecule has 0 saturated carbocycles. The Bertz CT molecular complexity index is 675. The molecule has 0 radical (unpaired) electrons. The number of nitrogens with zero attached hydrogens (tertiary/aromatic N) is 2. The molecule has 1 heterocycles. The first kappa shape index (κ1) is 14.4. The largest absolute Gasteiger partial charge is 0.454 e. The smallest absolute Gasteiger partial charge is 0.163 e. The third kappa shape index (κ3) is 2.92. The topological polar surface area (TPSA) is 45.9 Å². The van der Waals surface area contributed by atoms with E-state index in [1.54, 1.807) is 18.5 Å². The van der Waals surface area contributed by atoms with E-state index in [1.165, 1.54) is 0 Å². The lowest BCUT2D eigenvalue weighted by atomic mass is 10.0. The van der Waals surface area contributed by atoms with Crippen molar-refractivity contribution in [1.29, 1.82) is 5.26 Å². The van der Waals surface area contributed by atoms with Crippen molar-refractivity contribution < 1.29 is 4.74 Å². The van der Waals surface area contributed by atoms with Crippen molar-refractivity contribution in [3.05, 3.63) is 52.3 Å². The molecule has 0 amide bonds. The van der Waals surface area contributed by atoms with Crippen molar-refractivity contribution in [1.82, 2.24) is 4.98 Å². The number of benzene rings is 1. The maximum absolute atomic E-state index is 9.07. The van der Waals surface area contributed by atoms with Gasteiger partial charge in [-0.3, -0.25) is 4.98 Å². The van der Waals surface area contributed by atoms with E-state index in [-0.39, 0.29) is 0 Å². The van der Waals surface area contributed by atoms with Gasteiger partial charge in [0.1, 0.15) is 11.8 Å². The number of aryl methyl sites for hydroxylation is 1. The molecule has 0 fully saturated rings. The highest BCUT2D eigenvalue weighted by molar-refractivity contribution is 6.31. The molecule has 0 saturated heterocycles. The van der Waals surface area contributed by atoms with E-state index in [1.807, 2.05) is 19.1 Å². The van der Waals surface area contributed by atoms with Crippen LogP contribution in [0.5, 0.6) is 11.5 Å². The number of ether oxygens (including phenoxy) is 1. The molecule has 0 bridgehead atoms. The van der Waals surface area contributed by atoms with Crippen LogP contribution in [0.2, 0.25) is 5.02 Å². The number of pyridine rings is 1. The van der Waals surface area contributed by atoms with Crippen LogP contribution in [0, 0.1) is 18.3 Å². The summed E-state index contributed by atoms with van der Waals surface area (Å²) in [5.74, 6) is 1.45. The van der Waals surface area contributed by atoms with Gasteiger partial charge in [-0.05, 0) is 42.2 Å². The van der Waals surface area contributed by atoms with E-state index in [9.17, 15) is 0 Å². The zero-order chi connectivity index (χ0) is 14.7. The number of rotatable bonds is 3. The molecule has 2 aromatic rings. The van der Waals surface area contributed by atoms with E-state index in [4.69, 9.17) is 21.6 Å². The monoisotopic (exact) mass is 286 g/mol. The Morgan fingerprint density at radius 3 is 2.70 bits per heavy atom. The summed E-state index contributed by atoms with van der Waals surface area (Å²) in [6.45, 7) is 6.07. The van der Waals surface area contributed by atoms with E-state index in [0.29, 0.717) is 23.0 Å². The Kier molecular flexibility index (Phi) is 4.26. The second-order valence-electron chi connectivity index (χ2n) is 4.88. The minimum Gasteiger partial charge on any atom is -0.454 e. The van der Waals surface area contributed by atoms with E-state index < -0.39 is 0 Å². The van der Waals surface area contributed by atoms with Gasteiger partial charge < -0.3 is 4.74 Å². The maximum atomic E-state index is 9.07. The van der Waals surface area contributed by atoms with Crippen LogP contribution in [0.25, 0.3) is 0 Å². The Balaban J connectivity index is 2.44. The fourth-order valence-corrected chi connectivity index (χ4v) is 2.33. The van der Waals surface area contributed by atoms with Crippen molar-refractivity contribution in [2.24, 2.45) is 0 Å². The highest BCUT2D eigenvalue weighted by atomic mass is 35.5. The highest BCUT2D eigenvalue weighted by Gasteiger charge is 2.12. The first-order valence-corrected chi connectivity index (χ1v) is 6.72. The lowest BCUT2D eigenvalue weighted by Gasteiger charge is -2.14. The second kappa shape index (κ2) is 5.94. The fraction of sp³-hybridized carbons (Fsp3) is 0.250. The number of nitriles is 1. The standard InChI is InChI=1S/C16H15ClN2O/c1-10(2)13-7-15(11(3)6-14(13)17)20-16-9-19-5-4-12(16)8-18/h4-7,9-10H,1-3H3. The van der Waals surface area contributed by atoms with Gasteiger partial charge in [-0.1, -0.05) is 25.4 Å². The molecule has 2 rings (SSSR count). The number of hydrogen-bond acceptors (Lipinski definition) is 3. The van der Waals surface area contributed by atoms with Crippen molar-refractivity contribution in [3.8, 4) is 17.6 Å². The quantitative estimate of drug-likeness (QED) is 0.812. The Hall–Kier alpha value is -2.05. The van der Waals surface area contributed by atoms with Crippen LogP contribution >= 0.6 is 11.6 Å². The van der Waals surface area contributed by atoms with Crippen molar-refractivity contribution >= 4 is 11.6 Å². The SMILES string of the molecule is Cc1cc(Cl)c(C(C)C)cc1Oc1cnccc1C#N. The predicted octanol–water partition coefficient (Wildman–Crippen LogP) is 4.83. The third-order valence-corrected chi connectivity index (χ3v) is 3.37. The summed E-state index contributed by atoms with van der Waals surface area (Å²) in [7, 11) is 0. The van der Waals surface area contributed by atoms with E-state index >= 15 is 0 Å². The Morgan fingerprint density at radius 1 is 1.30 bits per heavy atom. The summed E-state index contributed by atoms with van der Waals surface area (Å²) in [4.78, 5) is 3.99. The molecule has 0 N–H and O–H groups in total. The molecule has 1 aromatic heterocycles. The lowest BCUT2D eigenvalue weighted by Crippen LogP contribution is -1.95. The molecular formula is C16H15ClN2O. The Morgan fingerprint density at radius 2 is 2.05 bits per heavy atom. The van der Waals surface area contributed by atoms with Gasteiger partial charge >= 0.3 is 0 Å². The fourth-order valence-electron chi connectivity index (χ4n) is 1.89. The van der Waals surface area contributed by atoms with Gasteiger partial charge in [-0.25, -0.2) is 0 Å². The minimum atomic E-state index is 0.301. The molecule has 0 aliphatic rings. The average molecular weight is 287 g/mol. The van der Waals surface area contributed by atoms with Gasteiger partial charge in [0, 0.05) is 11.2 Å². The first-order chi connectivity index (χ1) is 9.52. The molecule has 1 aromatic carbocycles. The molecule has 0 spiro atoms. The van der Waals surface area contributed by atoms with Gasteiger partial charge in [-0.15, -0.1) is 0 Å². The summed E-state index contributed by atoms with van der Waals surface area (Å²) in [5.41, 5.74) is 2.40. The summed E-state index contributed by atoms with van der Waals surface area (Å²) < 4.78 is 5.83. The van der Waals surface area contributed by atoms with Crippen molar-refractivity contribution in [2.45, 2.75) is 26.7 Å². The predicted molar refractivity (Wildman–Crippen MR) is 79.3 cm³/mol. The van der Waals surface area contributed by atoms with Crippen LogP contribution in [-0.4, -0.2) is 4.98 Å². The molecular weight excluding hydrogens is 272 g/mol. The molecule has 0 aliphatic carbocycles. The molecule has 4 heteroatoms.